The van der Waals surface area contributed by atoms with Crippen molar-refractivity contribution in [2.75, 3.05) is 0 Å². The van der Waals surface area contributed by atoms with Crippen LogP contribution in [0.15, 0.2) is 61.1 Å². The van der Waals surface area contributed by atoms with E-state index < -0.39 is 0 Å². The lowest BCUT2D eigenvalue weighted by molar-refractivity contribution is 1.12. The molecule has 0 spiro atoms. The molecule has 0 N–H and O–H groups in total. The molecular formula is C17H13N3. The Kier molecular flexibility index (Phi) is 2.33. The molecule has 0 aliphatic rings. The lowest BCUT2D eigenvalue weighted by Gasteiger charge is -2.06. The maximum atomic E-state index is 4.57. The number of aromatic nitrogens is 3. The number of pyridine rings is 2. The molecule has 4 rings (SSSR count). The van der Waals surface area contributed by atoms with E-state index in [4.69, 9.17) is 0 Å². The Morgan fingerprint density at radius 1 is 0.900 bits per heavy atom. The van der Waals surface area contributed by atoms with Crippen molar-refractivity contribution in [2.45, 2.75) is 6.92 Å². The second kappa shape index (κ2) is 4.17. The van der Waals surface area contributed by atoms with E-state index in [-0.39, 0.29) is 0 Å². The second-order valence-electron chi connectivity index (χ2n) is 4.94. The van der Waals surface area contributed by atoms with Gasteiger partial charge in [0.05, 0.1) is 11.2 Å². The molecule has 3 heterocycles. The van der Waals surface area contributed by atoms with Crippen molar-refractivity contribution in [1.82, 2.24) is 14.5 Å². The van der Waals surface area contributed by atoms with Gasteiger partial charge in [-0.05, 0) is 43.3 Å². The average Bonchev–Trinajstić information content (AvgIpc) is 2.82. The Balaban J connectivity index is 2.22. The van der Waals surface area contributed by atoms with Crippen LogP contribution < -0.4 is 0 Å². The molecule has 1 aromatic carbocycles. The summed E-state index contributed by atoms with van der Waals surface area (Å²) in [5.41, 5.74) is 4.51. The summed E-state index contributed by atoms with van der Waals surface area (Å²) in [5.74, 6) is 0. The van der Waals surface area contributed by atoms with E-state index in [9.17, 15) is 0 Å². The SMILES string of the molecule is Cc1ccc2c(c1)c1cccnc1n2-c1ccncc1. The van der Waals surface area contributed by atoms with Crippen molar-refractivity contribution < 1.29 is 0 Å². The third-order valence-electron chi connectivity index (χ3n) is 3.60. The van der Waals surface area contributed by atoms with Crippen LogP contribution in [-0.2, 0) is 0 Å². The van der Waals surface area contributed by atoms with Crippen LogP contribution in [0, 0.1) is 6.92 Å². The van der Waals surface area contributed by atoms with Crippen LogP contribution in [0.3, 0.4) is 0 Å². The molecule has 3 aromatic heterocycles. The van der Waals surface area contributed by atoms with Crippen LogP contribution in [0.2, 0.25) is 0 Å². The first-order valence-corrected chi connectivity index (χ1v) is 6.61. The fraction of sp³-hybridized carbons (Fsp3) is 0.0588. The highest BCUT2D eigenvalue weighted by molar-refractivity contribution is 6.07. The molecule has 0 fully saturated rings. The van der Waals surface area contributed by atoms with Crippen LogP contribution in [-0.4, -0.2) is 14.5 Å². The summed E-state index contributed by atoms with van der Waals surface area (Å²) in [6.45, 7) is 2.12. The summed E-state index contributed by atoms with van der Waals surface area (Å²) in [7, 11) is 0. The lowest BCUT2D eigenvalue weighted by Crippen LogP contribution is -1.94. The first-order chi connectivity index (χ1) is 9.84. The van der Waals surface area contributed by atoms with Crippen LogP contribution in [0.5, 0.6) is 0 Å². The fourth-order valence-electron chi connectivity index (χ4n) is 2.71. The molecule has 0 bridgehead atoms. The minimum absolute atomic E-state index is 0.985. The van der Waals surface area contributed by atoms with E-state index in [1.807, 2.05) is 36.8 Å². The molecule has 0 unspecified atom stereocenters. The van der Waals surface area contributed by atoms with Crippen molar-refractivity contribution in [3.8, 4) is 5.69 Å². The monoisotopic (exact) mass is 259 g/mol. The molecule has 0 aliphatic heterocycles. The molecule has 0 saturated heterocycles. The van der Waals surface area contributed by atoms with Gasteiger partial charge in [0.25, 0.3) is 0 Å². The van der Waals surface area contributed by atoms with Gasteiger partial charge in [-0.1, -0.05) is 11.6 Å². The number of fused-ring (bicyclic) bond motifs is 3. The summed E-state index contributed by atoms with van der Waals surface area (Å²) in [4.78, 5) is 8.66. The number of hydrogen-bond acceptors (Lipinski definition) is 2. The van der Waals surface area contributed by atoms with Gasteiger partial charge < -0.3 is 0 Å². The van der Waals surface area contributed by atoms with Crippen LogP contribution in [0.4, 0.5) is 0 Å². The van der Waals surface area contributed by atoms with Gasteiger partial charge in [0.15, 0.2) is 0 Å². The van der Waals surface area contributed by atoms with E-state index in [1.54, 1.807) is 0 Å². The van der Waals surface area contributed by atoms with Crippen LogP contribution in [0.25, 0.3) is 27.6 Å². The number of nitrogens with zero attached hydrogens (tertiary/aromatic N) is 3. The first-order valence-electron chi connectivity index (χ1n) is 6.61. The smallest absolute Gasteiger partial charge is 0.145 e. The lowest BCUT2D eigenvalue weighted by atomic mass is 10.1. The Labute approximate surface area is 116 Å². The number of hydrogen-bond donors (Lipinski definition) is 0. The third-order valence-corrected chi connectivity index (χ3v) is 3.60. The van der Waals surface area contributed by atoms with Crippen molar-refractivity contribution in [1.29, 1.82) is 0 Å². The minimum atomic E-state index is 0.985. The largest absolute Gasteiger partial charge is 0.294 e. The van der Waals surface area contributed by atoms with Gasteiger partial charge in [0.2, 0.25) is 0 Å². The molecule has 0 aliphatic carbocycles. The molecule has 3 heteroatoms. The molecule has 20 heavy (non-hydrogen) atoms. The van der Waals surface area contributed by atoms with Gasteiger partial charge in [-0.25, -0.2) is 4.98 Å². The maximum absolute atomic E-state index is 4.57. The van der Waals surface area contributed by atoms with Gasteiger partial charge in [-0.3, -0.25) is 9.55 Å². The molecule has 0 amide bonds. The van der Waals surface area contributed by atoms with Gasteiger partial charge in [0, 0.05) is 29.4 Å². The predicted octanol–water partition coefficient (Wildman–Crippen LogP) is 3.88. The average molecular weight is 259 g/mol. The fourth-order valence-corrected chi connectivity index (χ4v) is 2.71. The predicted molar refractivity (Wildman–Crippen MR) is 81.1 cm³/mol. The zero-order valence-electron chi connectivity index (χ0n) is 11.1. The van der Waals surface area contributed by atoms with Crippen molar-refractivity contribution in [2.24, 2.45) is 0 Å². The summed E-state index contributed by atoms with van der Waals surface area (Å²) in [6.07, 6.45) is 5.46. The minimum Gasteiger partial charge on any atom is -0.294 e. The molecule has 0 atom stereocenters. The van der Waals surface area contributed by atoms with Crippen LogP contribution in [0.1, 0.15) is 5.56 Å². The summed E-state index contributed by atoms with van der Waals surface area (Å²) < 4.78 is 2.19. The van der Waals surface area contributed by atoms with Gasteiger partial charge in [0.1, 0.15) is 5.65 Å². The van der Waals surface area contributed by atoms with E-state index >= 15 is 0 Å². The Bertz CT molecular complexity index is 907. The molecule has 3 nitrogen and oxygen atoms in total. The third kappa shape index (κ3) is 1.53. The molecule has 0 saturated carbocycles. The Morgan fingerprint density at radius 3 is 2.60 bits per heavy atom. The summed E-state index contributed by atoms with van der Waals surface area (Å²) in [5, 5.41) is 2.42. The molecule has 96 valence electrons. The highest BCUT2D eigenvalue weighted by Gasteiger charge is 2.12. The van der Waals surface area contributed by atoms with Crippen LogP contribution >= 0.6 is 0 Å². The zero-order chi connectivity index (χ0) is 13.5. The normalized spacial score (nSPS) is 11.2. The summed E-state index contributed by atoms with van der Waals surface area (Å²) >= 11 is 0. The Morgan fingerprint density at radius 2 is 1.75 bits per heavy atom. The number of benzene rings is 1. The highest BCUT2D eigenvalue weighted by atomic mass is 15.0. The van der Waals surface area contributed by atoms with Crippen molar-refractivity contribution in [3.63, 3.8) is 0 Å². The van der Waals surface area contributed by atoms with Gasteiger partial charge >= 0.3 is 0 Å². The number of aryl methyl sites for hydroxylation is 1. The molecular weight excluding hydrogens is 246 g/mol. The molecule has 4 aromatic rings. The summed E-state index contributed by atoms with van der Waals surface area (Å²) in [6, 6.07) is 14.6. The van der Waals surface area contributed by atoms with Gasteiger partial charge in [-0.15, -0.1) is 0 Å². The first kappa shape index (κ1) is 11.2. The van der Waals surface area contributed by atoms with Gasteiger partial charge in [-0.2, -0.15) is 0 Å². The van der Waals surface area contributed by atoms with Crippen molar-refractivity contribution in [3.05, 3.63) is 66.6 Å². The number of rotatable bonds is 1. The van der Waals surface area contributed by atoms with E-state index in [0.29, 0.717) is 0 Å². The quantitative estimate of drug-likeness (QED) is 0.519. The second-order valence-corrected chi connectivity index (χ2v) is 4.94. The van der Waals surface area contributed by atoms with E-state index in [2.05, 4.69) is 45.7 Å². The zero-order valence-corrected chi connectivity index (χ0v) is 11.1. The Hall–Kier alpha value is -2.68. The maximum Gasteiger partial charge on any atom is 0.145 e. The standard InChI is InChI=1S/C17H13N3/c1-12-4-5-16-15(11-12)14-3-2-8-19-17(14)20(16)13-6-9-18-10-7-13/h2-11H,1H3. The van der Waals surface area contributed by atoms with E-state index in [0.717, 1.165) is 11.3 Å². The topological polar surface area (TPSA) is 30.7 Å². The van der Waals surface area contributed by atoms with Crippen molar-refractivity contribution >= 4 is 21.9 Å². The van der Waals surface area contributed by atoms with E-state index in [1.165, 1.54) is 21.9 Å². The molecule has 0 radical (unpaired) electrons. The highest BCUT2D eigenvalue weighted by Crippen LogP contribution is 2.30.